The van der Waals surface area contributed by atoms with Gasteiger partial charge in [0.25, 0.3) is 0 Å². The van der Waals surface area contributed by atoms with Crippen LogP contribution in [-0.4, -0.2) is 19.9 Å². The van der Waals surface area contributed by atoms with E-state index in [4.69, 9.17) is 4.74 Å². The Kier molecular flexibility index (Phi) is 3.68. The van der Waals surface area contributed by atoms with E-state index in [0.29, 0.717) is 17.5 Å². The summed E-state index contributed by atoms with van der Waals surface area (Å²) in [7, 11) is 0. The molecule has 5 nitrogen and oxygen atoms in total. The van der Waals surface area contributed by atoms with Crippen LogP contribution in [0.3, 0.4) is 0 Å². The largest absolute Gasteiger partial charge is 0.438 e. The normalized spacial score (nSPS) is 11.0. The third-order valence-corrected chi connectivity index (χ3v) is 4.28. The summed E-state index contributed by atoms with van der Waals surface area (Å²) in [5.41, 5.74) is 2.59. The molecule has 0 aliphatic carbocycles. The van der Waals surface area contributed by atoms with E-state index in [1.165, 1.54) is 0 Å². The van der Waals surface area contributed by atoms with Gasteiger partial charge >= 0.3 is 0 Å². The van der Waals surface area contributed by atoms with Crippen molar-refractivity contribution in [3.05, 3.63) is 85.3 Å². The first-order valence-electron chi connectivity index (χ1n) is 8.57. The number of benzene rings is 2. The Morgan fingerprint density at radius 2 is 1.67 bits per heavy atom. The molecule has 0 atom stereocenters. The highest BCUT2D eigenvalue weighted by Gasteiger charge is 2.11. The summed E-state index contributed by atoms with van der Waals surface area (Å²) >= 11 is 0. The average Bonchev–Trinajstić information content (AvgIpc) is 2.74. The van der Waals surface area contributed by atoms with E-state index in [1.807, 2.05) is 66.7 Å². The lowest BCUT2D eigenvalue weighted by atomic mass is 10.2. The molecule has 0 unspecified atom stereocenters. The first-order valence-corrected chi connectivity index (χ1v) is 8.57. The van der Waals surface area contributed by atoms with Gasteiger partial charge in [0.2, 0.25) is 5.88 Å². The van der Waals surface area contributed by atoms with E-state index in [9.17, 15) is 0 Å². The Hall–Kier alpha value is -3.86. The molecule has 128 valence electrons. The quantitative estimate of drug-likeness (QED) is 0.456. The SMILES string of the molecule is c1cncc(-c2nc(Oc3ccc4ncccc4c3)c3ccccc3n2)c1. The second kappa shape index (κ2) is 6.46. The van der Waals surface area contributed by atoms with Gasteiger partial charge in [-0.25, -0.2) is 4.98 Å². The summed E-state index contributed by atoms with van der Waals surface area (Å²) in [5.74, 6) is 1.80. The number of nitrogens with zero attached hydrogens (tertiary/aromatic N) is 4. The summed E-state index contributed by atoms with van der Waals surface area (Å²) < 4.78 is 6.16. The molecule has 5 rings (SSSR count). The number of rotatable bonds is 3. The maximum Gasteiger partial charge on any atom is 0.230 e. The number of pyridine rings is 2. The van der Waals surface area contributed by atoms with Gasteiger partial charge < -0.3 is 4.74 Å². The van der Waals surface area contributed by atoms with Crippen molar-refractivity contribution in [2.45, 2.75) is 0 Å². The minimum atomic E-state index is 0.516. The zero-order valence-corrected chi connectivity index (χ0v) is 14.3. The predicted octanol–water partition coefficient (Wildman–Crippen LogP) is 5.03. The highest BCUT2D eigenvalue weighted by molar-refractivity contribution is 5.86. The molecule has 2 aromatic carbocycles. The first kappa shape index (κ1) is 15.4. The van der Waals surface area contributed by atoms with Gasteiger partial charge in [0.05, 0.1) is 16.4 Å². The smallest absolute Gasteiger partial charge is 0.230 e. The van der Waals surface area contributed by atoms with Crippen LogP contribution in [0.25, 0.3) is 33.2 Å². The van der Waals surface area contributed by atoms with E-state index in [1.54, 1.807) is 18.6 Å². The maximum absolute atomic E-state index is 6.16. The Morgan fingerprint density at radius 3 is 2.59 bits per heavy atom. The number of aromatic nitrogens is 4. The Bertz CT molecular complexity index is 1260. The van der Waals surface area contributed by atoms with Crippen molar-refractivity contribution in [1.82, 2.24) is 19.9 Å². The van der Waals surface area contributed by atoms with Gasteiger partial charge in [-0.15, -0.1) is 0 Å². The van der Waals surface area contributed by atoms with Crippen molar-refractivity contribution in [3.8, 4) is 23.0 Å². The van der Waals surface area contributed by atoms with Gasteiger partial charge in [-0.1, -0.05) is 18.2 Å². The van der Waals surface area contributed by atoms with E-state index < -0.39 is 0 Å². The number of para-hydroxylation sites is 1. The van der Waals surface area contributed by atoms with Crippen molar-refractivity contribution < 1.29 is 4.74 Å². The maximum atomic E-state index is 6.16. The summed E-state index contributed by atoms with van der Waals surface area (Å²) in [4.78, 5) is 17.8. The third-order valence-electron chi connectivity index (χ3n) is 4.28. The van der Waals surface area contributed by atoms with E-state index >= 15 is 0 Å². The molecule has 0 saturated heterocycles. The molecule has 0 N–H and O–H groups in total. The van der Waals surface area contributed by atoms with Crippen LogP contribution in [0, 0.1) is 0 Å². The molecule has 0 aliphatic heterocycles. The van der Waals surface area contributed by atoms with Crippen molar-refractivity contribution in [2.75, 3.05) is 0 Å². The van der Waals surface area contributed by atoms with E-state index in [0.717, 1.165) is 27.4 Å². The van der Waals surface area contributed by atoms with Gasteiger partial charge in [0.15, 0.2) is 5.82 Å². The number of hydrogen-bond donors (Lipinski definition) is 0. The number of fused-ring (bicyclic) bond motifs is 2. The van der Waals surface area contributed by atoms with Crippen molar-refractivity contribution >= 4 is 21.8 Å². The second-order valence-corrected chi connectivity index (χ2v) is 6.07. The predicted molar refractivity (Wildman–Crippen MR) is 105 cm³/mol. The fraction of sp³-hybridized carbons (Fsp3) is 0. The minimum Gasteiger partial charge on any atom is -0.438 e. The minimum absolute atomic E-state index is 0.516. The summed E-state index contributed by atoms with van der Waals surface area (Å²) in [6.45, 7) is 0. The van der Waals surface area contributed by atoms with Gasteiger partial charge in [0.1, 0.15) is 5.75 Å². The molecule has 0 aliphatic rings. The molecule has 27 heavy (non-hydrogen) atoms. The molecular formula is C22H14N4O. The fourth-order valence-corrected chi connectivity index (χ4v) is 2.98. The van der Waals surface area contributed by atoms with Crippen molar-refractivity contribution in [3.63, 3.8) is 0 Å². The van der Waals surface area contributed by atoms with Crippen molar-refractivity contribution in [1.29, 1.82) is 0 Å². The molecule has 0 radical (unpaired) electrons. The average molecular weight is 350 g/mol. The van der Waals surface area contributed by atoms with Crippen LogP contribution in [0.2, 0.25) is 0 Å². The number of ether oxygens (including phenoxy) is 1. The molecule has 5 heteroatoms. The molecule has 3 heterocycles. The molecule has 0 amide bonds. The lowest BCUT2D eigenvalue weighted by Gasteiger charge is -2.10. The lowest BCUT2D eigenvalue weighted by molar-refractivity contribution is 0.469. The van der Waals surface area contributed by atoms with Crippen LogP contribution in [0.4, 0.5) is 0 Å². The van der Waals surface area contributed by atoms with Crippen LogP contribution in [0.1, 0.15) is 0 Å². The second-order valence-electron chi connectivity index (χ2n) is 6.07. The standard InChI is InChI=1S/C22H14N4O/c1-2-8-20-18(7-1)22(26-21(25-20)16-6-3-11-23-14-16)27-17-9-10-19-15(13-17)5-4-12-24-19/h1-14H. The van der Waals surface area contributed by atoms with E-state index in [2.05, 4.69) is 19.9 Å². The zero-order valence-electron chi connectivity index (χ0n) is 14.3. The van der Waals surface area contributed by atoms with Gasteiger partial charge in [-0.05, 0) is 48.5 Å². The highest BCUT2D eigenvalue weighted by atomic mass is 16.5. The Labute approximate surface area is 155 Å². The highest BCUT2D eigenvalue weighted by Crippen LogP contribution is 2.31. The molecular weight excluding hydrogens is 336 g/mol. The van der Waals surface area contributed by atoms with Crippen LogP contribution in [-0.2, 0) is 0 Å². The van der Waals surface area contributed by atoms with Crippen LogP contribution in [0.5, 0.6) is 11.6 Å². The fourth-order valence-electron chi connectivity index (χ4n) is 2.98. The Balaban J connectivity index is 1.64. The number of hydrogen-bond acceptors (Lipinski definition) is 5. The van der Waals surface area contributed by atoms with Gasteiger partial charge in [-0.3, -0.25) is 9.97 Å². The monoisotopic (exact) mass is 350 g/mol. The van der Waals surface area contributed by atoms with Gasteiger partial charge in [0, 0.05) is 29.5 Å². The van der Waals surface area contributed by atoms with Gasteiger partial charge in [-0.2, -0.15) is 4.98 Å². The topological polar surface area (TPSA) is 60.8 Å². The lowest BCUT2D eigenvalue weighted by Crippen LogP contribution is -1.96. The molecule has 3 aromatic heterocycles. The molecule has 0 fully saturated rings. The van der Waals surface area contributed by atoms with E-state index in [-0.39, 0.29) is 0 Å². The van der Waals surface area contributed by atoms with Crippen LogP contribution < -0.4 is 4.74 Å². The summed E-state index contributed by atoms with van der Waals surface area (Å²) in [6, 6.07) is 21.3. The van der Waals surface area contributed by atoms with Crippen LogP contribution in [0.15, 0.2) is 85.3 Å². The zero-order chi connectivity index (χ0) is 18.1. The molecule has 5 aromatic rings. The summed E-state index contributed by atoms with van der Waals surface area (Å²) in [5, 5.41) is 1.87. The summed E-state index contributed by atoms with van der Waals surface area (Å²) in [6.07, 6.45) is 5.25. The molecule has 0 spiro atoms. The molecule has 0 bridgehead atoms. The van der Waals surface area contributed by atoms with Crippen LogP contribution >= 0.6 is 0 Å². The van der Waals surface area contributed by atoms with Crippen molar-refractivity contribution in [2.24, 2.45) is 0 Å². The Morgan fingerprint density at radius 1 is 0.741 bits per heavy atom. The first-order chi connectivity index (χ1) is 13.4. The molecule has 0 saturated carbocycles. The third kappa shape index (κ3) is 2.95.